The molecule has 0 radical (unpaired) electrons. The highest BCUT2D eigenvalue weighted by Gasteiger charge is 2.38. The molecule has 1 atom stereocenters. The third kappa shape index (κ3) is 3.32. The number of amides is 1. The van der Waals surface area contributed by atoms with Gasteiger partial charge in [0.1, 0.15) is 11.3 Å². The van der Waals surface area contributed by atoms with E-state index in [0.29, 0.717) is 18.8 Å². The van der Waals surface area contributed by atoms with Gasteiger partial charge in [-0.25, -0.2) is 13.6 Å². The van der Waals surface area contributed by atoms with Crippen LogP contribution in [0.4, 0.5) is 5.69 Å². The summed E-state index contributed by atoms with van der Waals surface area (Å²) in [6.07, 6.45) is 0.385. The first-order valence-corrected chi connectivity index (χ1v) is 7.70. The zero-order valence-electron chi connectivity index (χ0n) is 11.5. The van der Waals surface area contributed by atoms with E-state index in [2.05, 4.69) is 5.32 Å². The van der Waals surface area contributed by atoms with E-state index in [1.807, 2.05) is 0 Å². The van der Waals surface area contributed by atoms with Crippen LogP contribution < -0.4 is 20.9 Å². The van der Waals surface area contributed by atoms with E-state index in [0.717, 1.165) is 0 Å². The summed E-state index contributed by atoms with van der Waals surface area (Å²) in [4.78, 5) is 12.1. The van der Waals surface area contributed by atoms with Crippen molar-refractivity contribution >= 4 is 21.6 Å². The maximum atomic E-state index is 12.2. The molecule has 2 rings (SSSR count). The lowest BCUT2D eigenvalue weighted by atomic mass is 9.99. The first-order valence-electron chi connectivity index (χ1n) is 6.15. The van der Waals surface area contributed by atoms with Crippen LogP contribution in [-0.2, 0) is 19.6 Å². The van der Waals surface area contributed by atoms with Crippen LogP contribution in [0.15, 0.2) is 23.1 Å². The number of carbonyl (C=O) groups is 1. The van der Waals surface area contributed by atoms with E-state index in [1.165, 1.54) is 25.3 Å². The van der Waals surface area contributed by atoms with Crippen molar-refractivity contribution < 1.29 is 22.7 Å². The zero-order valence-corrected chi connectivity index (χ0v) is 12.3. The van der Waals surface area contributed by atoms with Gasteiger partial charge >= 0.3 is 0 Å². The number of carbonyl (C=O) groups excluding carboxylic acids is 1. The Bertz CT molecular complexity index is 653. The van der Waals surface area contributed by atoms with Gasteiger partial charge in [-0.1, -0.05) is 0 Å². The number of primary sulfonamides is 1. The van der Waals surface area contributed by atoms with Gasteiger partial charge in [-0.05, 0) is 24.6 Å². The fourth-order valence-corrected chi connectivity index (χ4v) is 2.51. The second-order valence-electron chi connectivity index (χ2n) is 4.82. The summed E-state index contributed by atoms with van der Waals surface area (Å²) in [5.74, 6) is -0.164. The SMILES string of the molecule is COc1ccc(S(N)(=O)=O)cc1NC(=O)C1(N)CCOC1. The first-order chi connectivity index (χ1) is 9.76. The minimum Gasteiger partial charge on any atom is -0.495 e. The molecule has 0 spiro atoms. The summed E-state index contributed by atoms with van der Waals surface area (Å²) in [5, 5.41) is 7.64. The Balaban J connectivity index is 2.31. The van der Waals surface area contributed by atoms with Gasteiger partial charge in [-0.2, -0.15) is 0 Å². The van der Waals surface area contributed by atoms with Crippen molar-refractivity contribution in [1.29, 1.82) is 0 Å². The molecular formula is C12H17N3O5S. The van der Waals surface area contributed by atoms with Gasteiger partial charge in [-0.15, -0.1) is 0 Å². The van der Waals surface area contributed by atoms with Crippen LogP contribution in [-0.4, -0.2) is 40.2 Å². The van der Waals surface area contributed by atoms with Crippen molar-refractivity contribution in [2.45, 2.75) is 16.9 Å². The summed E-state index contributed by atoms with van der Waals surface area (Å²) in [7, 11) is -2.48. The third-order valence-electron chi connectivity index (χ3n) is 3.25. The van der Waals surface area contributed by atoms with Crippen LogP contribution in [0.5, 0.6) is 5.75 Å². The molecule has 9 heteroatoms. The van der Waals surface area contributed by atoms with E-state index < -0.39 is 21.5 Å². The largest absolute Gasteiger partial charge is 0.495 e. The van der Waals surface area contributed by atoms with Crippen LogP contribution in [0, 0.1) is 0 Å². The van der Waals surface area contributed by atoms with Crippen molar-refractivity contribution in [3.05, 3.63) is 18.2 Å². The molecule has 1 heterocycles. The summed E-state index contributed by atoms with van der Waals surface area (Å²) in [6.45, 7) is 0.508. The molecule has 1 aliphatic heterocycles. The molecule has 1 unspecified atom stereocenters. The van der Waals surface area contributed by atoms with Crippen molar-refractivity contribution in [1.82, 2.24) is 0 Å². The van der Waals surface area contributed by atoms with Crippen molar-refractivity contribution in [3.8, 4) is 5.75 Å². The van der Waals surface area contributed by atoms with Crippen LogP contribution in [0.2, 0.25) is 0 Å². The molecule has 0 saturated carbocycles. The fourth-order valence-electron chi connectivity index (χ4n) is 1.97. The number of nitrogens with two attached hydrogens (primary N) is 2. The summed E-state index contributed by atoms with van der Waals surface area (Å²) >= 11 is 0. The minimum absolute atomic E-state index is 0.107. The molecule has 21 heavy (non-hydrogen) atoms. The maximum Gasteiger partial charge on any atom is 0.247 e. The molecule has 1 amide bonds. The minimum atomic E-state index is -3.88. The molecule has 1 aromatic carbocycles. The van der Waals surface area contributed by atoms with Crippen molar-refractivity contribution in [2.24, 2.45) is 10.9 Å². The molecular weight excluding hydrogens is 298 g/mol. The average molecular weight is 315 g/mol. The van der Waals surface area contributed by atoms with Crippen LogP contribution in [0.25, 0.3) is 0 Å². The summed E-state index contributed by atoms with van der Waals surface area (Å²) < 4.78 is 32.9. The number of anilines is 1. The van der Waals surface area contributed by atoms with E-state index in [-0.39, 0.29) is 17.2 Å². The normalized spacial score (nSPS) is 22.0. The number of methoxy groups -OCH3 is 1. The van der Waals surface area contributed by atoms with E-state index in [9.17, 15) is 13.2 Å². The molecule has 1 saturated heterocycles. The molecule has 5 N–H and O–H groups in total. The lowest BCUT2D eigenvalue weighted by Crippen LogP contribution is -2.51. The molecule has 8 nitrogen and oxygen atoms in total. The number of hydrogen-bond acceptors (Lipinski definition) is 6. The Kier molecular flexibility index (Phi) is 4.19. The average Bonchev–Trinajstić information content (AvgIpc) is 2.86. The predicted molar refractivity (Wildman–Crippen MR) is 75.4 cm³/mol. The highest BCUT2D eigenvalue weighted by atomic mass is 32.2. The zero-order chi connectivity index (χ0) is 15.7. The number of hydrogen-bond donors (Lipinski definition) is 3. The first kappa shape index (κ1) is 15.7. The number of nitrogens with one attached hydrogen (secondary N) is 1. The molecule has 0 aliphatic carbocycles. The van der Waals surface area contributed by atoms with Gasteiger partial charge in [0.15, 0.2) is 0 Å². The highest BCUT2D eigenvalue weighted by Crippen LogP contribution is 2.28. The second-order valence-corrected chi connectivity index (χ2v) is 6.38. The summed E-state index contributed by atoms with van der Waals surface area (Å²) in [5.41, 5.74) is 4.99. The fraction of sp³-hybridized carbons (Fsp3) is 0.417. The summed E-state index contributed by atoms with van der Waals surface area (Å²) in [6, 6.07) is 3.93. The molecule has 116 valence electrons. The number of rotatable bonds is 4. The van der Waals surface area contributed by atoms with Gasteiger partial charge in [0.2, 0.25) is 15.9 Å². The Morgan fingerprint density at radius 2 is 2.19 bits per heavy atom. The Labute approximate surface area is 122 Å². The quantitative estimate of drug-likeness (QED) is 0.679. The molecule has 1 aromatic rings. The van der Waals surface area contributed by atoms with E-state index >= 15 is 0 Å². The van der Waals surface area contributed by atoms with Crippen LogP contribution in [0.1, 0.15) is 6.42 Å². The lowest BCUT2D eigenvalue weighted by Gasteiger charge is -2.21. The van der Waals surface area contributed by atoms with Crippen LogP contribution >= 0.6 is 0 Å². The van der Waals surface area contributed by atoms with Gasteiger partial charge in [-0.3, -0.25) is 4.79 Å². The third-order valence-corrected chi connectivity index (χ3v) is 4.16. The van der Waals surface area contributed by atoms with Crippen molar-refractivity contribution in [3.63, 3.8) is 0 Å². The molecule has 1 aliphatic rings. The monoisotopic (exact) mass is 315 g/mol. The van der Waals surface area contributed by atoms with E-state index in [1.54, 1.807) is 0 Å². The Morgan fingerprint density at radius 3 is 2.71 bits per heavy atom. The van der Waals surface area contributed by atoms with Gasteiger partial charge in [0, 0.05) is 6.61 Å². The predicted octanol–water partition coefficient (Wildman–Crippen LogP) is -0.601. The van der Waals surface area contributed by atoms with Gasteiger partial charge in [0.05, 0.1) is 24.3 Å². The van der Waals surface area contributed by atoms with Crippen molar-refractivity contribution in [2.75, 3.05) is 25.6 Å². The van der Waals surface area contributed by atoms with Crippen LogP contribution in [0.3, 0.4) is 0 Å². The van der Waals surface area contributed by atoms with E-state index in [4.69, 9.17) is 20.3 Å². The molecule has 0 bridgehead atoms. The second kappa shape index (κ2) is 5.60. The maximum absolute atomic E-state index is 12.2. The molecule has 0 aromatic heterocycles. The Hall–Kier alpha value is -1.68. The lowest BCUT2D eigenvalue weighted by molar-refractivity contribution is -0.121. The molecule has 1 fully saturated rings. The Morgan fingerprint density at radius 1 is 1.48 bits per heavy atom. The number of benzene rings is 1. The standard InChI is InChI=1S/C12H17N3O5S/c1-19-10-3-2-8(21(14,17)18)6-9(10)15-11(16)12(13)4-5-20-7-12/h2-3,6H,4-5,7,13H2,1H3,(H,15,16)(H2,14,17,18). The number of ether oxygens (including phenoxy) is 2. The number of sulfonamides is 1. The topological polar surface area (TPSA) is 134 Å². The van der Waals surface area contributed by atoms with Gasteiger partial charge < -0.3 is 20.5 Å². The van der Waals surface area contributed by atoms with Gasteiger partial charge in [0.25, 0.3) is 0 Å². The smallest absolute Gasteiger partial charge is 0.247 e. The highest BCUT2D eigenvalue weighted by molar-refractivity contribution is 7.89.